The first-order valence-electron chi connectivity index (χ1n) is 13.7. The lowest BCUT2D eigenvalue weighted by atomic mass is 9.97. The van der Waals surface area contributed by atoms with Gasteiger partial charge in [0.25, 0.3) is 0 Å². The first-order valence-corrected chi connectivity index (χ1v) is 13.7. The molecule has 2 aromatic heterocycles. The van der Waals surface area contributed by atoms with Crippen molar-refractivity contribution in [1.29, 1.82) is 0 Å². The molecule has 0 radical (unpaired) electrons. The fourth-order valence-electron chi connectivity index (χ4n) is 5.67. The van der Waals surface area contributed by atoms with Crippen LogP contribution in [0.2, 0.25) is 0 Å². The molecule has 0 bridgehead atoms. The molecule has 5 aromatic rings. The van der Waals surface area contributed by atoms with Gasteiger partial charge in [-0.05, 0) is 72.0 Å². The van der Waals surface area contributed by atoms with Crippen LogP contribution in [0.15, 0.2) is 65.3 Å². The Morgan fingerprint density at radius 2 is 1.80 bits per heavy atom. The van der Waals surface area contributed by atoms with Crippen LogP contribution in [0.4, 0.5) is 17.6 Å². The highest BCUT2D eigenvalue weighted by Gasteiger charge is 2.35. The van der Waals surface area contributed by atoms with Gasteiger partial charge in [-0.15, -0.1) is 10.2 Å². The molecule has 10 heteroatoms. The van der Waals surface area contributed by atoms with E-state index >= 15 is 0 Å². The second kappa shape index (κ2) is 11.1. The normalized spacial score (nSPS) is 14.4. The summed E-state index contributed by atoms with van der Waals surface area (Å²) in [5.41, 5.74) is 1.92. The summed E-state index contributed by atoms with van der Waals surface area (Å²) in [5.74, 6) is 0.827. The van der Waals surface area contributed by atoms with E-state index < -0.39 is 17.6 Å². The van der Waals surface area contributed by atoms with Crippen molar-refractivity contribution >= 4 is 11.1 Å². The maximum atomic E-state index is 14.2. The third-order valence-electron chi connectivity index (χ3n) is 7.74. The van der Waals surface area contributed by atoms with Crippen molar-refractivity contribution in [2.24, 2.45) is 13.0 Å². The molecule has 1 saturated carbocycles. The molecule has 0 spiro atoms. The second-order valence-corrected chi connectivity index (χ2v) is 10.7. The van der Waals surface area contributed by atoms with Crippen LogP contribution in [0.3, 0.4) is 0 Å². The van der Waals surface area contributed by atoms with Crippen LogP contribution >= 0.6 is 0 Å². The number of nitrogens with one attached hydrogen (secondary N) is 1. The van der Waals surface area contributed by atoms with E-state index in [0.717, 1.165) is 19.0 Å². The highest BCUT2D eigenvalue weighted by Crippen LogP contribution is 2.39. The Labute approximate surface area is 234 Å². The van der Waals surface area contributed by atoms with Crippen molar-refractivity contribution in [3.8, 4) is 34.0 Å². The molecule has 1 N–H and O–H groups in total. The van der Waals surface area contributed by atoms with Crippen molar-refractivity contribution in [3.63, 3.8) is 0 Å². The van der Waals surface area contributed by atoms with E-state index in [1.165, 1.54) is 44.1 Å². The monoisotopic (exact) mass is 563 g/mol. The number of aromatic nitrogens is 4. The maximum Gasteiger partial charge on any atom is 0.420 e. The van der Waals surface area contributed by atoms with Gasteiger partial charge in [-0.3, -0.25) is 0 Å². The zero-order valence-electron chi connectivity index (χ0n) is 22.5. The number of oxazole rings is 1. The Bertz CT molecular complexity index is 1680. The molecule has 212 valence electrons. The molecule has 2 heterocycles. The van der Waals surface area contributed by atoms with E-state index in [-0.39, 0.29) is 17.0 Å². The van der Waals surface area contributed by atoms with Crippen molar-refractivity contribution in [2.45, 2.75) is 44.8 Å². The Morgan fingerprint density at radius 3 is 2.56 bits per heavy atom. The van der Waals surface area contributed by atoms with Crippen LogP contribution in [0.1, 0.15) is 43.2 Å². The smallest absolute Gasteiger partial charge is 0.420 e. The number of halogens is 4. The Balaban J connectivity index is 1.33. The van der Waals surface area contributed by atoms with Gasteiger partial charge in [0.1, 0.15) is 23.2 Å². The fraction of sp³-hybridized carbons (Fsp3) is 0.323. The molecular formula is C31H29F4N5O. The predicted octanol–water partition coefficient (Wildman–Crippen LogP) is 7.79. The Morgan fingerprint density at radius 1 is 1.00 bits per heavy atom. The Kier molecular flexibility index (Phi) is 7.33. The van der Waals surface area contributed by atoms with Crippen molar-refractivity contribution in [1.82, 2.24) is 25.1 Å². The number of alkyl halides is 3. The SMILES string of the molecule is Cn1cnnc1-c1cc(F)ccc1-c1cccc(-c2nc3cc(CNCCC4CCCC4)cc(C(F)(F)F)c3o2)c1. The average Bonchev–Trinajstić information content (AvgIpc) is 3.71. The molecule has 6 nitrogen and oxygen atoms in total. The summed E-state index contributed by atoms with van der Waals surface area (Å²) < 4.78 is 63.9. The topological polar surface area (TPSA) is 68.8 Å². The maximum absolute atomic E-state index is 14.2. The van der Waals surface area contributed by atoms with Gasteiger partial charge < -0.3 is 14.3 Å². The molecule has 0 amide bonds. The number of fused-ring (bicyclic) bond motifs is 1. The van der Waals surface area contributed by atoms with E-state index in [1.807, 2.05) is 6.07 Å². The van der Waals surface area contributed by atoms with Gasteiger partial charge in [0.05, 0.1) is 0 Å². The molecule has 1 fully saturated rings. The molecule has 0 aliphatic heterocycles. The lowest BCUT2D eigenvalue weighted by Gasteiger charge is -2.12. The first kappa shape index (κ1) is 27.1. The molecule has 41 heavy (non-hydrogen) atoms. The largest absolute Gasteiger partial charge is 0.435 e. The number of benzene rings is 3. The summed E-state index contributed by atoms with van der Waals surface area (Å²) in [5, 5.41) is 11.3. The summed E-state index contributed by atoms with van der Waals surface area (Å²) in [6, 6.07) is 14.2. The summed E-state index contributed by atoms with van der Waals surface area (Å²) in [7, 11) is 1.76. The fourth-order valence-corrected chi connectivity index (χ4v) is 5.67. The first-order chi connectivity index (χ1) is 19.8. The molecule has 0 atom stereocenters. The van der Waals surface area contributed by atoms with Crippen molar-refractivity contribution < 1.29 is 22.0 Å². The highest BCUT2D eigenvalue weighted by molar-refractivity contribution is 5.84. The molecule has 3 aromatic carbocycles. The minimum absolute atomic E-state index is 0.0704. The van der Waals surface area contributed by atoms with Gasteiger partial charge >= 0.3 is 6.18 Å². The molecule has 1 aliphatic rings. The van der Waals surface area contributed by atoms with Crippen LogP contribution in [0, 0.1) is 11.7 Å². The average molecular weight is 564 g/mol. The summed E-state index contributed by atoms with van der Waals surface area (Å²) in [6.45, 7) is 1.08. The third-order valence-corrected chi connectivity index (χ3v) is 7.74. The summed E-state index contributed by atoms with van der Waals surface area (Å²) >= 11 is 0. The van der Waals surface area contributed by atoms with E-state index in [9.17, 15) is 17.6 Å². The van der Waals surface area contributed by atoms with E-state index in [4.69, 9.17) is 4.42 Å². The predicted molar refractivity (Wildman–Crippen MR) is 148 cm³/mol. The van der Waals surface area contributed by atoms with Crippen LogP contribution in [0.25, 0.3) is 45.1 Å². The van der Waals surface area contributed by atoms with Crippen molar-refractivity contribution in [3.05, 3.63) is 77.9 Å². The quantitative estimate of drug-likeness (QED) is 0.154. The summed E-state index contributed by atoms with van der Waals surface area (Å²) in [6.07, 6.45) is 2.95. The van der Waals surface area contributed by atoms with Gasteiger partial charge in [0.2, 0.25) is 5.89 Å². The summed E-state index contributed by atoms with van der Waals surface area (Å²) in [4.78, 5) is 4.46. The Hall–Kier alpha value is -4.05. The van der Waals surface area contributed by atoms with Gasteiger partial charge in [-0.2, -0.15) is 13.2 Å². The lowest BCUT2D eigenvalue weighted by molar-refractivity contribution is -0.136. The van der Waals surface area contributed by atoms with Gasteiger partial charge in [-0.1, -0.05) is 43.9 Å². The number of hydrogen-bond acceptors (Lipinski definition) is 5. The van der Waals surface area contributed by atoms with Gasteiger partial charge in [-0.25, -0.2) is 9.37 Å². The minimum atomic E-state index is -4.60. The molecular weight excluding hydrogens is 534 g/mol. The number of nitrogens with zero attached hydrogens (tertiary/aromatic N) is 4. The third kappa shape index (κ3) is 5.74. The number of aryl methyl sites for hydroxylation is 1. The number of rotatable bonds is 8. The van der Waals surface area contributed by atoms with Crippen LogP contribution in [-0.2, 0) is 19.8 Å². The zero-order chi connectivity index (χ0) is 28.6. The molecule has 1 aliphatic carbocycles. The van der Waals surface area contributed by atoms with E-state index in [2.05, 4.69) is 20.5 Å². The van der Waals surface area contributed by atoms with Crippen LogP contribution < -0.4 is 5.32 Å². The lowest BCUT2D eigenvalue weighted by Crippen LogP contribution is -2.17. The van der Waals surface area contributed by atoms with E-state index in [0.29, 0.717) is 46.1 Å². The standard InChI is InChI=1S/C31H29F4N5O/c1-40-18-37-39-29(40)25-16-23(32)9-10-24(25)21-7-4-8-22(15-21)30-38-27-14-20(13-26(28(27)41-30)31(33,34)35)17-36-12-11-19-5-2-3-6-19/h4,7-10,13-16,18-19,36H,2-3,5-6,11-12,17H2,1H3. The van der Waals surface area contributed by atoms with Crippen LogP contribution in [0.5, 0.6) is 0 Å². The number of hydrogen-bond donors (Lipinski definition) is 1. The molecule has 0 saturated heterocycles. The second-order valence-electron chi connectivity index (χ2n) is 10.7. The van der Waals surface area contributed by atoms with Gasteiger partial charge in [0, 0.05) is 24.7 Å². The molecule has 6 rings (SSSR count). The van der Waals surface area contributed by atoms with Crippen molar-refractivity contribution in [2.75, 3.05) is 6.54 Å². The van der Waals surface area contributed by atoms with E-state index in [1.54, 1.807) is 41.9 Å². The highest BCUT2D eigenvalue weighted by atomic mass is 19.4. The zero-order valence-corrected chi connectivity index (χ0v) is 22.5. The molecule has 0 unspecified atom stereocenters. The minimum Gasteiger partial charge on any atom is -0.435 e. The van der Waals surface area contributed by atoms with Gasteiger partial charge in [0.15, 0.2) is 11.4 Å². The van der Waals surface area contributed by atoms with Crippen LogP contribution in [-0.4, -0.2) is 26.3 Å².